The van der Waals surface area contributed by atoms with Gasteiger partial charge in [-0.3, -0.25) is 4.98 Å². The highest BCUT2D eigenvalue weighted by atomic mass is 32.2. The predicted molar refractivity (Wildman–Crippen MR) is 111 cm³/mol. The molecule has 156 valence electrons. The zero-order chi connectivity index (χ0) is 21.1. The molecule has 0 radical (unpaired) electrons. The van der Waals surface area contributed by atoms with Crippen molar-refractivity contribution >= 4 is 23.1 Å². The zero-order valence-electron chi connectivity index (χ0n) is 15.9. The molecule has 1 fully saturated rings. The Morgan fingerprint density at radius 3 is 3.00 bits per heavy atom. The highest BCUT2D eigenvalue weighted by Gasteiger charge is 2.47. The summed E-state index contributed by atoms with van der Waals surface area (Å²) >= 11 is 2.79. The van der Waals surface area contributed by atoms with E-state index in [2.05, 4.69) is 26.2 Å². The summed E-state index contributed by atoms with van der Waals surface area (Å²) in [7, 11) is 1.54. The lowest BCUT2D eigenvalue weighted by Crippen LogP contribution is -2.55. The number of thioether (sulfide) groups is 1. The van der Waals surface area contributed by atoms with E-state index >= 15 is 0 Å². The number of terminal acetylenes is 1. The maximum atomic E-state index is 10.9. The van der Waals surface area contributed by atoms with Gasteiger partial charge in [0.05, 0.1) is 12.8 Å². The largest absolute Gasteiger partial charge is 0.394 e. The number of hydrogen-bond donors (Lipinski definition) is 2. The zero-order valence-corrected chi connectivity index (χ0v) is 17.5. The first-order chi connectivity index (χ1) is 14.6. The predicted octanol–water partition coefficient (Wildman–Crippen LogP) is 1.20. The van der Waals surface area contributed by atoms with Gasteiger partial charge in [0.2, 0.25) is 0 Å². The lowest BCUT2D eigenvalue weighted by molar-refractivity contribution is -0.186. The number of hydrogen-bond acceptors (Lipinski definition) is 10. The molecule has 0 amide bonds. The molecule has 0 aromatic carbocycles. The van der Waals surface area contributed by atoms with Crippen LogP contribution < -0.4 is 0 Å². The molecule has 5 atom stereocenters. The normalized spacial score (nSPS) is 26.4. The number of aliphatic hydroxyl groups excluding tert-OH is 2. The summed E-state index contributed by atoms with van der Waals surface area (Å²) < 4.78 is 13.2. The number of thiazole rings is 1. The summed E-state index contributed by atoms with van der Waals surface area (Å²) in [5.41, 5.74) is 0.682. The second kappa shape index (κ2) is 9.22. The average Bonchev–Trinajstić information content (AvgIpc) is 3.46. The number of rotatable bonds is 6. The summed E-state index contributed by atoms with van der Waals surface area (Å²) in [5, 5.41) is 31.6. The van der Waals surface area contributed by atoms with E-state index in [1.54, 1.807) is 29.5 Å². The van der Waals surface area contributed by atoms with Gasteiger partial charge >= 0.3 is 0 Å². The van der Waals surface area contributed by atoms with Crippen molar-refractivity contribution in [3.05, 3.63) is 41.8 Å². The quantitative estimate of drug-likeness (QED) is 0.540. The Bertz CT molecular complexity index is 1020. The van der Waals surface area contributed by atoms with Gasteiger partial charge < -0.3 is 19.7 Å². The van der Waals surface area contributed by atoms with E-state index in [0.717, 1.165) is 9.90 Å². The Balaban J connectivity index is 1.65. The van der Waals surface area contributed by atoms with Crippen LogP contribution in [0.3, 0.4) is 0 Å². The van der Waals surface area contributed by atoms with E-state index in [1.807, 2.05) is 11.4 Å². The van der Waals surface area contributed by atoms with Crippen molar-refractivity contribution in [3.8, 4) is 23.0 Å². The highest BCUT2D eigenvalue weighted by molar-refractivity contribution is 7.99. The third-order valence-electron chi connectivity index (χ3n) is 4.70. The lowest BCUT2D eigenvalue weighted by Gasteiger charge is -2.43. The third-order valence-corrected chi connectivity index (χ3v) is 6.60. The van der Waals surface area contributed by atoms with Gasteiger partial charge in [0.1, 0.15) is 40.5 Å². The third kappa shape index (κ3) is 4.11. The van der Waals surface area contributed by atoms with Crippen molar-refractivity contribution in [2.24, 2.45) is 0 Å². The molecule has 0 bridgehead atoms. The molecule has 3 aromatic heterocycles. The molecule has 2 unspecified atom stereocenters. The number of ether oxygens (including phenoxy) is 2. The van der Waals surface area contributed by atoms with Gasteiger partial charge in [-0.1, -0.05) is 22.9 Å². The van der Waals surface area contributed by atoms with Crippen LogP contribution in [0.1, 0.15) is 11.6 Å². The first kappa shape index (κ1) is 20.9. The molecule has 9 nitrogen and oxygen atoms in total. The number of aliphatic hydroxyl groups is 2. The van der Waals surface area contributed by atoms with Crippen molar-refractivity contribution < 1.29 is 19.7 Å². The Labute approximate surface area is 181 Å². The van der Waals surface area contributed by atoms with E-state index in [1.165, 1.54) is 30.2 Å². The van der Waals surface area contributed by atoms with Crippen LogP contribution in [-0.2, 0) is 9.47 Å². The fourth-order valence-corrected chi connectivity index (χ4v) is 5.05. The van der Waals surface area contributed by atoms with Gasteiger partial charge in [0.15, 0.2) is 0 Å². The molecule has 4 heterocycles. The maximum Gasteiger partial charge on any atom is 0.145 e. The van der Waals surface area contributed by atoms with Crippen molar-refractivity contribution in [1.29, 1.82) is 0 Å². The molecular weight excluding hydrogens is 426 g/mol. The van der Waals surface area contributed by atoms with Crippen LogP contribution >= 0.6 is 23.1 Å². The topological polar surface area (TPSA) is 115 Å². The fraction of sp³-hybridized carbons (Fsp3) is 0.368. The fourth-order valence-electron chi connectivity index (χ4n) is 3.28. The van der Waals surface area contributed by atoms with Crippen molar-refractivity contribution in [2.75, 3.05) is 13.7 Å². The van der Waals surface area contributed by atoms with Gasteiger partial charge in [0.25, 0.3) is 0 Å². The second-order valence-electron chi connectivity index (χ2n) is 6.50. The monoisotopic (exact) mass is 445 g/mol. The maximum absolute atomic E-state index is 10.9. The number of pyridine rings is 1. The van der Waals surface area contributed by atoms with Gasteiger partial charge in [-0.05, 0) is 6.07 Å². The number of methoxy groups -OCH3 is 1. The molecule has 0 spiro atoms. The van der Waals surface area contributed by atoms with Gasteiger partial charge in [-0.25, -0.2) is 9.67 Å². The molecule has 1 aliphatic rings. The Morgan fingerprint density at radius 1 is 1.43 bits per heavy atom. The number of aromatic nitrogens is 5. The Hall–Kier alpha value is -2.33. The van der Waals surface area contributed by atoms with Gasteiger partial charge in [-0.2, -0.15) is 0 Å². The molecule has 2 N–H and O–H groups in total. The smallest absolute Gasteiger partial charge is 0.145 e. The summed E-state index contributed by atoms with van der Waals surface area (Å²) in [4.78, 5) is 9.17. The van der Waals surface area contributed by atoms with E-state index < -0.39 is 29.8 Å². The molecule has 1 aliphatic heterocycles. The standard InChI is InChI=1S/C19H19N5O4S2/c1-3-11-6-12(8-20-7-11)30-19-17(27-2)15(16(26)14(10-25)28-19)24-9-13(22-23-24)18-21-4-5-29-18/h1,4-9,14-17,19,25-26H,10H2,2H3/t14?,15-,16-,17?,19+/m0/s1. The Morgan fingerprint density at radius 2 is 2.30 bits per heavy atom. The summed E-state index contributed by atoms with van der Waals surface area (Å²) in [5.74, 6) is 2.55. The van der Waals surface area contributed by atoms with Crippen LogP contribution in [0.15, 0.2) is 41.1 Å². The SMILES string of the molecule is C#Cc1cncc(S[C@H]2OC(CO)[C@H](O)[C@H](n3cc(-c4nccs4)nn3)C2OC)c1. The minimum atomic E-state index is -1.06. The lowest BCUT2D eigenvalue weighted by atomic mass is 9.97. The molecule has 0 aliphatic carbocycles. The van der Waals surface area contributed by atoms with Crippen LogP contribution in [0.4, 0.5) is 0 Å². The van der Waals surface area contributed by atoms with Gasteiger partial charge in [0, 0.05) is 41.5 Å². The van der Waals surface area contributed by atoms with Crippen LogP contribution in [-0.4, -0.2) is 72.6 Å². The number of nitrogens with zero attached hydrogens (tertiary/aromatic N) is 5. The van der Waals surface area contributed by atoms with Gasteiger partial charge in [-0.15, -0.1) is 22.9 Å². The Kier molecular flexibility index (Phi) is 6.43. The average molecular weight is 446 g/mol. The van der Waals surface area contributed by atoms with Crippen molar-refractivity contribution in [3.63, 3.8) is 0 Å². The minimum Gasteiger partial charge on any atom is -0.394 e. The van der Waals surface area contributed by atoms with Crippen molar-refractivity contribution in [2.45, 2.75) is 34.7 Å². The van der Waals surface area contributed by atoms with Crippen molar-refractivity contribution in [1.82, 2.24) is 25.0 Å². The highest BCUT2D eigenvalue weighted by Crippen LogP contribution is 2.39. The van der Waals surface area contributed by atoms with Crippen LogP contribution in [0.5, 0.6) is 0 Å². The molecule has 11 heteroatoms. The first-order valence-electron chi connectivity index (χ1n) is 9.01. The summed E-state index contributed by atoms with van der Waals surface area (Å²) in [6.45, 7) is -0.359. The summed E-state index contributed by atoms with van der Waals surface area (Å²) in [6.07, 6.45) is 9.66. The van der Waals surface area contributed by atoms with E-state index in [0.29, 0.717) is 11.3 Å². The molecule has 3 aromatic rings. The van der Waals surface area contributed by atoms with E-state index in [4.69, 9.17) is 15.9 Å². The second-order valence-corrected chi connectivity index (χ2v) is 8.57. The van der Waals surface area contributed by atoms with E-state index in [9.17, 15) is 10.2 Å². The molecule has 1 saturated heterocycles. The van der Waals surface area contributed by atoms with Crippen LogP contribution in [0, 0.1) is 12.3 Å². The van der Waals surface area contributed by atoms with Crippen LogP contribution in [0.25, 0.3) is 10.7 Å². The molecule has 30 heavy (non-hydrogen) atoms. The summed E-state index contributed by atoms with van der Waals surface area (Å²) in [6, 6.07) is 1.18. The van der Waals surface area contributed by atoms with E-state index in [-0.39, 0.29) is 6.61 Å². The minimum absolute atomic E-state index is 0.359. The molecular formula is C19H19N5O4S2. The molecule has 4 rings (SSSR count). The molecule has 0 saturated carbocycles. The van der Waals surface area contributed by atoms with Crippen LogP contribution in [0.2, 0.25) is 0 Å². The first-order valence-corrected chi connectivity index (χ1v) is 10.8.